The number of fused-ring (bicyclic) bond motifs is 1. The highest BCUT2D eigenvalue weighted by Gasteiger charge is 2.17. The second-order valence-electron chi connectivity index (χ2n) is 8.53. The Bertz CT molecular complexity index is 1470. The number of pyridine rings is 1. The van der Waals surface area contributed by atoms with Crippen molar-refractivity contribution < 1.29 is 17.9 Å². The molecule has 0 unspecified atom stereocenters. The number of halogens is 1. The molecule has 0 fully saturated rings. The largest absolute Gasteiger partial charge is 0.469 e. The molecule has 0 atom stereocenters. The molecule has 0 spiro atoms. The van der Waals surface area contributed by atoms with Crippen molar-refractivity contribution in [1.29, 1.82) is 0 Å². The third-order valence-corrected chi connectivity index (χ3v) is 8.42. The Labute approximate surface area is 225 Å². The van der Waals surface area contributed by atoms with E-state index < -0.39 is 10.0 Å². The van der Waals surface area contributed by atoms with Crippen LogP contribution in [0.1, 0.15) is 28.8 Å². The third kappa shape index (κ3) is 6.13. The van der Waals surface area contributed by atoms with E-state index in [2.05, 4.69) is 55.9 Å². The smallest absolute Gasteiger partial charge is 0.307 e. The molecule has 0 amide bonds. The molecule has 0 aliphatic carbocycles. The first-order valence-electron chi connectivity index (χ1n) is 11.6. The van der Waals surface area contributed by atoms with Gasteiger partial charge in [-0.25, -0.2) is 13.1 Å². The minimum absolute atomic E-state index is 0.248. The second kappa shape index (κ2) is 11.5. The van der Waals surface area contributed by atoms with Crippen LogP contribution >= 0.6 is 22.6 Å². The maximum atomic E-state index is 12.6. The van der Waals surface area contributed by atoms with Crippen molar-refractivity contribution in [3.05, 3.63) is 92.9 Å². The maximum Gasteiger partial charge on any atom is 0.307 e. The van der Waals surface area contributed by atoms with Crippen LogP contribution in [0.3, 0.4) is 0 Å². The number of nitrogens with zero attached hydrogens (tertiary/aromatic N) is 2. The number of carbonyl (C=O) groups excluding carboxylic acids is 1. The van der Waals surface area contributed by atoms with Crippen molar-refractivity contribution in [2.24, 2.45) is 0 Å². The summed E-state index contributed by atoms with van der Waals surface area (Å²) in [5.41, 5.74) is 5.44. The number of benzene rings is 2. The van der Waals surface area contributed by atoms with E-state index in [1.807, 2.05) is 24.4 Å². The van der Waals surface area contributed by atoms with Gasteiger partial charge in [0, 0.05) is 52.1 Å². The fourth-order valence-corrected chi connectivity index (χ4v) is 5.70. The normalized spacial score (nSPS) is 11.6. The lowest BCUT2D eigenvalue weighted by molar-refractivity contribution is -0.140. The van der Waals surface area contributed by atoms with Gasteiger partial charge in [0.05, 0.1) is 18.4 Å². The summed E-state index contributed by atoms with van der Waals surface area (Å²) in [6, 6.07) is 16.9. The van der Waals surface area contributed by atoms with Crippen LogP contribution in [0, 0.1) is 10.5 Å². The molecule has 1 N–H and O–H groups in total. The molecule has 0 aliphatic heterocycles. The van der Waals surface area contributed by atoms with E-state index in [1.54, 1.807) is 30.5 Å². The number of methoxy groups -OCH3 is 1. The summed E-state index contributed by atoms with van der Waals surface area (Å²) in [4.78, 5) is 16.3. The summed E-state index contributed by atoms with van der Waals surface area (Å²) in [5.74, 6) is -0.248. The number of hydrogen-bond acceptors (Lipinski definition) is 5. The number of carbonyl (C=O) groups is 1. The highest BCUT2D eigenvalue weighted by molar-refractivity contribution is 14.1. The predicted octanol–water partition coefficient (Wildman–Crippen LogP) is 4.62. The number of aryl methyl sites for hydroxylation is 1. The monoisotopic (exact) mass is 617 g/mol. The Hall–Kier alpha value is -2.76. The molecule has 0 aliphatic rings. The molecule has 0 bridgehead atoms. The van der Waals surface area contributed by atoms with E-state index in [4.69, 9.17) is 4.74 Å². The summed E-state index contributed by atoms with van der Waals surface area (Å²) in [6.07, 6.45) is 5.17. The molecule has 7 nitrogen and oxygen atoms in total. The summed E-state index contributed by atoms with van der Waals surface area (Å²) in [7, 11) is -2.17. The molecule has 4 aromatic rings. The first-order valence-corrected chi connectivity index (χ1v) is 14.2. The summed E-state index contributed by atoms with van der Waals surface area (Å²) in [6.45, 7) is 2.88. The van der Waals surface area contributed by atoms with Gasteiger partial charge in [-0.15, -0.1) is 0 Å². The predicted molar refractivity (Wildman–Crippen MR) is 148 cm³/mol. The number of hydrogen-bond donors (Lipinski definition) is 1. The fourth-order valence-electron chi connectivity index (χ4n) is 4.30. The van der Waals surface area contributed by atoms with Gasteiger partial charge in [-0.2, -0.15) is 0 Å². The van der Waals surface area contributed by atoms with Crippen LogP contribution in [0.25, 0.3) is 10.9 Å². The van der Waals surface area contributed by atoms with Gasteiger partial charge in [-0.05, 0) is 95.1 Å². The molecule has 2 aromatic carbocycles. The number of sulfonamides is 1. The van der Waals surface area contributed by atoms with Gasteiger partial charge in [0.1, 0.15) is 0 Å². The Morgan fingerprint density at radius 2 is 1.89 bits per heavy atom. The summed E-state index contributed by atoms with van der Waals surface area (Å²) in [5, 5.41) is 1.10. The van der Waals surface area contributed by atoms with Crippen molar-refractivity contribution in [3.63, 3.8) is 0 Å². The number of esters is 1. The zero-order valence-corrected chi connectivity index (χ0v) is 23.2. The fraction of sp³-hybridized carbons (Fsp3) is 0.259. The molecular formula is C27H28IN3O4S. The number of nitrogens with one attached hydrogen (secondary N) is 1. The number of aromatic nitrogens is 2. The molecular weight excluding hydrogens is 589 g/mol. The molecule has 4 rings (SSSR count). The van der Waals surface area contributed by atoms with Crippen molar-refractivity contribution >= 4 is 49.5 Å². The van der Waals surface area contributed by atoms with Crippen LogP contribution in [0.5, 0.6) is 0 Å². The lowest BCUT2D eigenvalue weighted by Crippen LogP contribution is -2.26. The van der Waals surface area contributed by atoms with E-state index in [9.17, 15) is 13.2 Å². The van der Waals surface area contributed by atoms with Crippen molar-refractivity contribution in [2.45, 2.75) is 37.6 Å². The molecule has 2 aromatic heterocycles. The molecule has 36 heavy (non-hydrogen) atoms. The van der Waals surface area contributed by atoms with Gasteiger partial charge in [0.25, 0.3) is 0 Å². The maximum absolute atomic E-state index is 12.6. The Kier molecular flexibility index (Phi) is 8.43. The van der Waals surface area contributed by atoms with Crippen molar-refractivity contribution in [2.75, 3.05) is 13.7 Å². The highest BCUT2D eigenvalue weighted by Crippen LogP contribution is 2.29. The average Bonchev–Trinajstić information content (AvgIpc) is 3.13. The third-order valence-electron chi connectivity index (χ3n) is 6.22. The number of rotatable bonds is 10. The number of ether oxygens (including phenoxy) is 1. The standard InChI is InChI=1S/C27H28IN3O4S/c1-19-24(17-21-4-3-13-29-18-21)25-16-20(5-10-26(25)31(19)15-12-27(32)35-2)11-14-30-36(33,34)23-8-6-22(28)7-9-23/h3-10,13,16,18,30H,11-12,14-15,17H2,1-2H3. The first kappa shape index (κ1) is 26.3. The molecule has 0 radical (unpaired) electrons. The summed E-state index contributed by atoms with van der Waals surface area (Å²) >= 11 is 2.15. The van der Waals surface area contributed by atoms with Gasteiger partial charge >= 0.3 is 5.97 Å². The van der Waals surface area contributed by atoms with E-state index in [-0.39, 0.29) is 17.3 Å². The Morgan fingerprint density at radius 1 is 1.11 bits per heavy atom. The molecule has 0 saturated carbocycles. The van der Waals surface area contributed by atoms with Crippen LogP contribution in [-0.2, 0) is 38.9 Å². The van der Waals surface area contributed by atoms with Crippen molar-refractivity contribution in [1.82, 2.24) is 14.3 Å². The molecule has 0 saturated heterocycles. The Morgan fingerprint density at radius 3 is 2.58 bits per heavy atom. The lowest BCUT2D eigenvalue weighted by Gasteiger charge is -2.09. The zero-order valence-electron chi connectivity index (χ0n) is 20.2. The van der Waals surface area contributed by atoms with Gasteiger partial charge in [0.15, 0.2) is 0 Å². The SMILES string of the molecule is COC(=O)CCn1c(C)c(Cc2cccnc2)c2cc(CCNS(=O)(=O)c3ccc(I)cc3)ccc21. The highest BCUT2D eigenvalue weighted by atomic mass is 127. The van der Waals surface area contributed by atoms with Crippen LogP contribution in [-0.4, -0.2) is 37.6 Å². The second-order valence-corrected chi connectivity index (χ2v) is 11.5. The topological polar surface area (TPSA) is 90.3 Å². The average molecular weight is 618 g/mol. The van der Waals surface area contributed by atoms with Crippen LogP contribution in [0.2, 0.25) is 0 Å². The van der Waals surface area contributed by atoms with E-state index in [1.165, 1.54) is 12.7 Å². The van der Waals surface area contributed by atoms with E-state index in [0.717, 1.165) is 31.3 Å². The Balaban J connectivity index is 1.59. The summed E-state index contributed by atoms with van der Waals surface area (Å²) < 4.78 is 36.0. The van der Waals surface area contributed by atoms with Crippen molar-refractivity contribution in [3.8, 4) is 0 Å². The first-order chi connectivity index (χ1) is 17.3. The minimum Gasteiger partial charge on any atom is -0.469 e. The van der Waals surface area contributed by atoms with Crippen LogP contribution in [0.15, 0.2) is 71.9 Å². The molecule has 188 valence electrons. The molecule has 9 heteroatoms. The van der Waals surface area contributed by atoms with Gasteiger partial charge in [-0.1, -0.05) is 12.1 Å². The molecule has 2 heterocycles. The zero-order chi connectivity index (χ0) is 25.7. The van der Waals surface area contributed by atoms with Gasteiger partial charge in [0.2, 0.25) is 10.0 Å². The minimum atomic E-state index is -3.57. The lowest BCUT2D eigenvalue weighted by atomic mass is 10.0. The van der Waals surface area contributed by atoms with Gasteiger partial charge in [-0.3, -0.25) is 9.78 Å². The van der Waals surface area contributed by atoms with E-state index in [0.29, 0.717) is 25.9 Å². The van der Waals surface area contributed by atoms with Gasteiger partial charge < -0.3 is 9.30 Å². The van der Waals surface area contributed by atoms with E-state index >= 15 is 0 Å². The van der Waals surface area contributed by atoms with Crippen LogP contribution in [0.4, 0.5) is 0 Å². The van der Waals surface area contributed by atoms with Crippen LogP contribution < -0.4 is 4.72 Å². The quantitative estimate of drug-likeness (QED) is 0.207.